The lowest BCUT2D eigenvalue weighted by molar-refractivity contribution is -0.161. The zero-order valence-electron chi connectivity index (χ0n) is 22.1. The number of nitrogen functional groups attached to an aromatic ring is 1. The predicted molar refractivity (Wildman–Crippen MR) is 142 cm³/mol. The van der Waals surface area contributed by atoms with Crippen LogP contribution < -0.4 is 22.0 Å². The van der Waals surface area contributed by atoms with Crippen molar-refractivity contribution in [3.05, 3.63) is 57.5 Å². The Kier molecular flexibility index (Phi) is 11.9. The molecule has 0 saturated carbocycles. The molecular formula is C25H33ClFN5O6. The molecule has 0 bridgehead atoms. The van der Waals surface area contributed by atoms with Crippen molar-refractivity contribution in [2.75, 3.05) is 24.3 Å². The summed E-state index contributed by atoms with van der Waals surface area (Å²) >= 11 is 5.94. The summed E-state index contributed by atoms with van der Waals surface area (Å²) < 4.78 is 19.1. The SMILES string of the molecule is CC.CC(C(=O)NN(CC(=O)OC(C)(C)C)C(=O)CF)n1cccc(NC(=O)c2ccc(N)c(Cl)c2)c1=O. The Morgan fingerprint density at radius 1 is 1.18 bits per heavy atom. The second-order valence-corrected chi connectivity index (χ2v) is 9.08. The molecule has 4 N–H and O–H groups in total. The Balaban J connectivity index is 0.00000352. The third kappa shape index (κ3) is 9.18. The lowest BCUT2D eigenvalue weighted by atomic mass is 10.2. The number of nitrogens with one attached hydrogen (secondary N) is 2. The van der Waals surface area contributed by atoms with Gasteiger partial charge in [0, 0.05) is 11.8 Å². The van der Waals surface area contributed by atoms with Crippen molar-refractivity contribution in [1.29, 1.82) is 0 Å². The molecule has 0 fully saturated rings. The molecule has 0 saturated heterocycles. The van der Waals surface area contributed by atoms with E-state index in [0.717, 1.165) is 4.57 Å². The average molecular weight is 554 g/mol. The van der Waals surface area contributed by atoms with Gasteiger partial charge < -0.3 is 20.4 Å². The Hall–Kier alpha value is -3.93. The molecule has 38 heavy (non-hydrogen) atoms. The summed E-state index contributed by atoms with van der Waals surface area (Å²) in [5.74, 6) is -3.59. The van der Waals surface area contributed by atoms with Gasteiger partial charge in [0.05, 0.1) is 10.7 Å². The first-order valence-corrected chi connectivity index (χ1v) is 12.1. The highest BCUT2D eigenvalue weighted by Crippen LogP contribution is 2.20. The molecule has 0 aliphatic carbocycles. The number of hydrogen-bond acceptors (Lipinski definition) is 7. The van der Waals surface area contributed by atoms with Gasteiger partial charge in [0.25, 0.3) is 23.3 Å². The molecule has 1 heterocycles. The van der Waals surface area contributed by atoms with Gasteiger partial charge in [0.2, 0.25) is 0 Å². The summed E-state index contributed by atoms with van der Waals surface area (Å²) in [7, 11) is 0. The van der Waals surface area contributed by atoms with Crippen LogP contribution in [-0.4, -0.2) is 52.1 Å². The summed E-state index contributed by atoms with van der Waals surface area (Å²) in [6, 6.07) is 5.74. The van der Waals surface area contributed by atoms with E-state index in [1.54, 1.807) is 20.8 Å². The number of carbonyl (C=O) groups excluding carboxylic acids is 4. The zero-order valence-corrected chi connectivity index (χ0v) is 22.9. The van der Waals surface area contributed by atoms with Crippen molar-refractivity contribution in [1.82, 2.24) is 15.0 Å². The van der Waals surface area contributed by atoms with Crippen molar-refractivity contribution in [3.8, 4) is 0 Å². The lowest BCUT2D eigenvalue weighted by Crippen LogP contribution is -2.52. The average Bonchev–Trinajstić information content (AvgIpc) is 2.85. The summed E-state index contributed by atoms with van der Waals surface area (Å²) in [4.78, 5) is 62.2. The number of anilines is 2. The number of benzene rings is 1. The van der Waals surface area contributed by atoms with Crippen molar-refractivity contribution < 1.29 is 28.3 Å². The van der Waals surface area contributed by atoms with E-state index in [0.29, 0.717) is 5.01 Å². The molecule has 0 radical (unpaired) electrons. The molecule has 13 heteroatoms. The van der Waals surface area contributed by atoms with Gasteiger partial charge in [-0.3, -0.25) is 29.4 Å². The number of hydrazine groups is 1. The molecule has 1 aromatic carbocycles. The van der Waals surface area contributed by atoms with Crippen LogP contribution >= 0.6 is 11.6 Å². The fourth-order valence-corrected chi connectivity index (χ4v) is 3.07. The first kappa shape index (κ1) is 32.1. The van der Waals surface area contributed by atoms with Crippen LogP contribution in [0.3, 0.4) is 0 Å². The first-order chi connectivity index (χ1) is 17.7. The van der Waals surface area contributed by atoms with E-state index in [4.69, 9.17) is 22.1 Å². The fourth-order valence-electron chi connectivity index (χ4n) is 2.89. The number of amides is 3. The molecule has 0 aliphatic heterocycles. The van der Waals surface area contributed by atoms with E-state index < -0.39 is 54.1 Å². The third-order valence-corrected chi connectivity index (χ3v) is 4.98. The van der Waals surface area contributed by atoms with E-state index >= 15 is 0 Å². The van der Waals surface area contributed by atoms with Gasteiger partial charge in [-0.2, -0.15) is 0 Å². The highest BCUT2D eigenvalue weighted by Gasteiger charge is 2.26. The van der Waals surface area contributed by atoms with Crippen molar-refractivity contribution in [2.24, 2.45) is 0 Å². The highest BCUT2D eigenvalue weighted by atomic mass is 35.5. The molecule has 11 nitrogen and oxygen atoms in total. The van der Waals surface area contributed by atoms with E-state index in [-0.39, 0.29) is 22.0 Å². The Bertz CT molecular complexity index is 1230. The standard InChI is InChI=1S/C23H27ClFN5O6.C2H6/c1-13(20(33)28-30(18(31)11-25)12-19(32)36-23(2,3)4)29-9-5-6-17(22(29)35)27-21(34)14-7-8-16(26)15(24)10-14;1-2/h5-10,13H,11-12,26H2,1-4H3,(H,27,34)(H,28,33);1-2H3. The number of rotatable bonds is 7. The lowest BCUT2D eigenvalue weighted by Gasteiger charge is -2.26. The van der Waals surface area contributed by atoms with Gasteiger partial charge in [-0.15, -0.1) is 0 Å². The summed E-state index contributed by atoms with van der Waals surface area (Å²) in [6.07, 6.45) is 1.29. The van der Waals surface area contributed by atoms with E-state index in [2.05, 4.69) is 10.7 Å². The molecule has 0 aliphatic rings. The smallest absolute Gasteiger partial charge is 0.328 e. The number of ether oxygens (including phenoxy) is 1. The maximum Gasteiger partial charge on any atom is 0.328 e. The van der Waals surface area contributed by atoms with Gasteiger partial charge in [0.1, 0.15) is 23.9 Å². The van der Waals surface area contributed by atoms with Gasteiger partial charge in [-0.1, -0.05) is 25.4 Å². The Labute approximate surface area is 225 Å². The summed E-state index contributed by atoms with van der Waals surface area (Å²) in [5, 5.41) is 3.09. The van der Waals surface area contributed by atoms with Crippen LogP contribution in [0, 0.1) is 0 Å². The van der Waals surface area contributed by atoms with Crippen molar-refractivity contribution in [2.45, 2.75) is 53.2 Å². The van der Waals surface area contributed by atoms with Crippen LogP contribution in [0.5, 0.6) is 0 Å². The summed E-state index contributed by atoms with van der Waals surface area (Å²) in [6.45, 7) is 7.93. The van der Waals surface area contributed by atoms with E-state index in [1.807, 2.05) is 13.8 Å². The number of carbonyl (C=O) groups is 4. The fraction of sp³-hybridized carbons (Fsp3) is 0.400. The summed E-state index contributed by atoms with van der Waals surface area (Å²) in [5.41, 5.74) is 6.47. The van der Waals surface area contributed by atoms with Crippen molar-refractivity contribution >= 4 is 46.7 Å². The van der Waals surface area contributed by atoms with Gasteiger partial charge in [-0.25, -0.2) is 9.40 Å². The molecule has 2 rings (SSSR count). The number of nitrogens with two attached hydrogens (primary N) is 1. The van der Waals surface area contributed by atoms with E-state index in [9.17, 15) is 28.4 Å². The molecule has 1 aromatic heterocycles. The monoisotopic (exact) mass is 553 g/mol. The van der Waals surface area contributed by atoms with Crippen LogP contribution in [0.4, 0.5) is 15.8 Å². The largest absolute Gasteiger partial charge is 0.459 e. The molecule has 1 unspecified atom stereocenters. The quantitative estimate of drug-likeness (QED) is 0.270. The molecule has 1 atom stereocenters. The second-order valence-electron chi connectivity index (χ2n) is 8.68. The number of alkyl halides is 1. The predicted octanol–water partition coefficient (Wildman–Crippen LogP) is 3.09. The van der Waals surface area contributed by atoms with Crippen molar-refractivity contribution in [3.63, 3.8) is 0 Å². The molecule has 0 spiro atoms. The Morgan fingerprint density at radius 2 is 1.82 bits per heavy atom. The normalized spacial score (nSPS) is 11.4. The number of aromatic nitrogens is 1. The number of hydrogen-bond donors (Lipinski definition) is 3. The van der Waals surface area contributed by atoms with Crippen LogP contribution in [0.1, 0.15) is 57.9 Å². The number of pyridine rings is 1. The van der Waals surface area contributed by atoms with Crippen LogP contribution in [0.15, 0.2) is 41.3 Å². The molecule has 208 valence electrons. The highest BCUT2D eigenvalue weighted by molar-refractivity contribution is 6.33. The first-order valence-electron chi connectivity index (χ1n) is 11.7. The van der Waals surface area contributed by atoms with Crippen LogP contribution in [0.2, 0.25) is 5.02 Å². The van der Waals surface area contributed by atoms with Crippen LogP contribution in [0.25, 0.3) is 0 Å². The van der Waals surface area contributed by atoms with Gasteiger partial charge >= 0.3 is 5.97 Å². The minimum Gasteiger partial charge on any atom is -0.459 e. The van der Waals surface area contributed by atoms with Crippen LogP contribution in [-0.2, 0) is 19.1 Å². The number of halogens is 2. The maximum absolute atomic E-state index is 13.0. The van der Waals surface area contributed by atoms with Gasteiger partial charge in [0.15, 0.2) is 6.67 Å². The molecule has 2 aromatic rings. The number of nitrogens with zero attached hydrogens (tertiary/aromatic N) is 2. The minimum absolute atomic E-state index is 0.138. The maximum atomic E-state index is 13.0. The second kappa shape index (κ2) is 14.1. The van der Waals surface area contributed by atoms with Gasteiger partial charge in [-0.05, 0) is 58.0 Å². The van der Waals surface area contributed by atoms with E-state index in [1.165, 1.54) is 43.5 Å². The number of esters is 1. The molecule has 3 amide bonds. The molecular weight excluding hydrogens is 521 g/mol. The Morgan fingerprint density at radius 3 is 2.37 bits per heavy atom. The minimum atomic E-state index is -1.48. The third-order valence-electron chi connectivity index (χ3n) is 4.65. The topological polar surface area (TPSA) is 153 Å². The zero-order chi connectivity index (χ0) is 29.2.